The average molecular weight is 290 g/mol. The lowest BCUT2D eigenvalue weighted by Gasteiger charge is -2.09. The summed E-state index contributed by atoms with van der Waals surface area (Å²) >= 11 is 0. The second kappa shape index (κ2) is 6.51. The smallest absolute Gasteiger partial charge is 0.325 e. The number of nitrogens with one attached hydrogen (secondary N) is 1. The lowest BCUT2D eigenvalue weighted by Crippen LogP contribution is -2.17. The van der Waals surface area contributed by atoms with Crippen molar-refractivity contribution in [2.45, 2.75) is 6.92 Å². The van der Waals surface area contributed by atoms with E-state index in [0.717, 1.165) is 0 Å². The second-order valence-corrected chi connectivity index (χ2v) is 4.09. The highest BCUT2D eigenvalue weighted by Gasteiger charge is 2.15. The largest absolute Gasteiger partial charge is 0.465 e. The Kier molecular flexibility index (Phi) is 4.50. The van der Waals surface area contributed by atoms with Crippen LogP contribution in [0.5, 0.6) is 0 Å². The number of nitro groups is 1. The number of anilines is 1. The van der Waals surface area contributed by atoms with E-state index in [-0.39, 0.29) is 24.5 Å². The summed E-state index contributed by atoms with van der Waals surface area (Å²) in [7, 11) is 0. The lowest BCUT2D eigenvalue weighted by molar-refractivity contribution is -0.383. The molecule has 8 nitrogen and oxygen atoms in total. The number of rotatable bonds is 6. The third-order valence-corrected chi connectivity index (χ3v) is 2.71. The zero-order valence-corrected chi connectivity index (χ0v) is 11.4. The van der Waals surface area contributed by atoms with Crippen LogP contribution in [0.25, 0.3) is 5.69 Å². The zero-order chi connectivity index (χ0) is 15.2. The van der Waals surface area contributed by atoms with Crippen molar-refractivity contribution in [2.24, 2.45) is 0 Å². The number of nitrogens with zero attached hydrogens (tertiary/aromatic N) is 3. The van der Waals surface area contributed by atoms with Crippen molar-refractivity contribution in [3.8, 4) is 5.69 Å². The van der Waals surface area contributed by atoms with Gasteiger partial charge >= 0.3 is 5.97 Å². The van der Waals surface area contributed by atoms with E-state index in [1.165, 1.54) is 6.07 Å². The molecule has 0 aliphatic rings. The number of esters is 1. The van der Waals surface area contributed by atoms with Gasteiger partial charge in [-0.2, -0.15) is 0 Å². The third kappa shape index (κ3) is 3.56. The number of hydrogen-bond acceptors (Lipinski definition) is 6. The molecule has 1 N–H and O–H groups in total. The Hall–Kier alpha value is -2.90. The van der Waals surface area contributed by atoms with Crippen LogP contribution in [0.4, 0.5) is 11.4 Å². The molecule has 0 radical (unpaired) electrons. The summed E-state index contributed by atoms with van der Waals surface area (Å²) in [5.41, 5.74) is 0.840. The van der Waals surface area contributed by atoms with Gasteiger partial charge in [-0.05, 0) is 19.1 Å². The summed E-state index contributed by atoms with van der Waals surface area (Å²) < 4.78 is 6.49. The molecule has 0 bridgehead atoms. The fourth-order valence-corrected chi connectivity index (χ4v) is 1.78. The van der Waals surface area contributed by atoms with Gasteiger partial charge in [0.15, 0.2) is 0 Å². The Morgan fingerprint density at radius 2 is 2.33 bits per heavy atom. The molecule has 0 aliphatic heterocycles. The molecule has 0 aliphatic carbocycles. The van der Waals surface area contributed by atoms with Crippen molar-refractivity contribution in [3.63, 3.8) is 0 Å². The molecule has 2 rings (SSSR count). The number of ether oxygens (including phenoxy) is 1. The monoisotopic (exact) mass is 290 g/mol. The Bertz CT molecular complexity index is 640. The zero-order valence-electron chi connectivity index (χ0n) is 11.4. The maximum atomic E-state index is 11.3. The molecular formula is C13H14N4O4. The molecule has 21 heavy (non-hydrogen) atoms. The number of imidazole rings is 1. The molecule has 8 heteroatoms. The summed E-state index contributed by atoms with van der Waals surface area (Å²) in [4.78, 5) is 25.8. The van der Waals surface area contributed by atoms with Gasteiger partial charge in [0.1, 0.15) is 12.2 Å². The second-order valence-electron chi connectivity index (χ2n) is 4.09. The molecular weight excluding hydrogens is 276 g/mol. The number of hydrogen-bond donors (Lipinski definition) is 1. The quantitative estimate of drug-likeness (QED) is 0.494. The van der Waals surface area contributed by atoms with Crippen molar-refractivity contribution in [3.05, 3.63) is 47.0 Å². The molecule has 0 saturated heterocycles. The van der Waals surface area contributed by atoms with E-state index in [1.54, 1.807) is 42.3 Å². The van der Waals surface area contributed by atoms with E-state index in [9.17, 15) is 14.9 Å². The lowest BCUT2D eigenvalue weighted by atomic mass is 10.2. The van der Waals surface area contributed by atoms with Crippen molar-refractivity contribution in [2.75, 3.05) is 18.5 Å². The van der Waals surface area contributed by atoms with E-state index < -0.39 is 10.9 Å². The number of nitro benzene ring substituents is 1. The minimum absolute atomic E-state index is 0.108. The van der Waals surface area contributed by atoms with Crippen LogP contribution in [0.1, 0.15) is 6.92 Å². The summed E-state index contributed by atoms with van der Waals surface area (Å²) in [6.07, 6.45) is 4.90. The topological polar surface area (TPSA) is 99.3 Å². The van der Waals surface area contributed by atoms with Gasteiger partial charge in [-0.1, -0.05) is 0 Å². The van der Waals surface area contributed by atoms with Crippen LogP contribution < -0.4 is 5.32 Å². The number of benzene rings is 1. The van der Waals surface area contributed by atoms with Gasteiger partial charge < -0.3 is 14.6 Å². The Labute approximate surface area is 120 Å². The molecule has 1 heterocycles. The third-order valence-electron chi connectivity index (χ3n) is 2.71. The van der Waals surface area contributed by atoms with Crippen molar-refractivity contribution >= 4 is 17.3 Å². The highest BCUT2D eigenvalue weighted by molar-refractivity contribution is 5.77. The van der Waals surface area contributed by atoms with Crippen LogP contribution in [0, 0.1) is 10.1 Å². The molecule has 2 aromatic rings. The van der Waals surface area contributed by atoms with Gasteiger partial charge in [0, 0.05) is 24.1 Å². The van der Waals surface area contributed by atoms with Crippen LogP contribution in [-0.2, 0) is 9.53 Å². The fraction of sp³-hybridized carbons (Fsp3) is 0.231. The number of carbonyl (C=O) groups is 1. The van der Waals surface area contributed by atoms with Gasteiger partial charge in [0.05, 0.1) is 17.9 Å². The molecule has 0 amide bonds. The minimum atomic E-state index is -0.509. The molecule has 0 atom stereocenters. The maximum absolute atomic E-state index is 11.3. The van der Waals surface area contributed by atoms with Crippen LogP contribution in [0.15, 0.2) is 36.9 Å². The van der Waals surface area contributed by atoms with E-state index in [0.29, 0.717) is 5.69 Å². The summed E-state index contributed by atoms with van der Waals surface area (Å²) in [5.74, 6) is -0.472. The SMILES string of the molecule is CCOC(=O)CNc1cc(-n2ccnc2)ccc1[N+](=O)[O-]. The molecule has 0 fully saturated rings. The highest BCUT2D eigenvalue weighted by Crippen LogP contribution is 2.26. The van der Waals surface area contributed by atoms with Crippen molar-refractivity contribution in [1.82, 2.24) is 9.55 Å². The summed E-state index contributed by atoms with van der Waals surface area (Å²) in [5, 5.41) is 13.8. The first-order chi connectivity index (χ1) is 10.1. The van der Waals surface area contributed by atoms with Crippen LogP contribution >= 0.6 is 0 Å². The molecule has 0 spiro atoms. The van der Waals surface area contributed by atoms with Crippen molar-refractivity contribution in [1.29, 1.82) is 0 Å². The molecule has 0 unspecified atom stereocenters. The molecule has 1 aromatic carbocycles. The van der Waals surface area contributed by atoms with E-state index in [1.807, 2.05) is 0 Å². The normalized spacial score (nSPS) is 10.1. The average Bonchev–Trinajstić information content (AvgIpc) is 2.99. The predicted octanol–water partition coefficient (Wildman–Crippen LogP) is 1.76. The number of aromatic nitrogens is 2. The van der Waals surface area contributed by atoms with Crippen molar-refractivity contribution < 1.29 is 14.5 Å². The first-order valence-corrected chi connectivity index (χ1v) is 6.28. The Morgan fingerprint density at radius 1 is 1.52 bits per heavy atom. The van der Waals surface area contributed by atoms with Crippen LogP contribution in [0.3, 0.4) is 0 Å². The predicted molar refractivity (Wildman–Crippen MR) is 75.3 cm³/mol. The van der Waals surface area contributed by atoms with Gasteiger partial charge in [0.25, 0.3) is 5.69 Å². The van der Waals surface area contributed by atoms with Gasteiger partial charge in [-0.3, -0.25) is 14.9 Å². The molecule has 110 valence electrons. The molecule has 0 saturated carbocycles. The van der Waals surface area contributed by atoms with E-state index >= 15 is 0 Å². The first-order valence-electron chi connectivity index (χ1n) is 6.28. The van der Waals surface area contributed by atoms with Crippen LogP contribution in [-0.4, -0.2) is 33.6 Å². The first kappa shape index (κ1) is 14.5. The van der Waals surface area contributed by atoms with Gasteiger partial charge in [-0.15, -0.1) is 0 Å². The van der Waals surface area contributed by atoms with E-state index in [4.69, 9.17) is 4.74 Å². The van der Waals surface area contributed by atoms with E-state index in [2.05, 4.69) is 10.3 Å². The molecule has 1 aromatic heterocycles. The highest BCUT2D eigenvalue weighted by atomic mass is 16.6. The number of carbonyl (C=O) groups excluding carboxylic acids is 1. The summed E-state index contributed by atoms with van der Waals surface area (Å²) in [6.45, 7) is 1.82. The Balaban J connectivity index is 2.25. The van der Waals surface area contributed by atoms with Gasteiger partial charge in [-0.25, -0.2) is 4.98 Å². The van der Waals surface area contributed by atoms with Crippen LogP contribution in [0.2, 0.25) is 0 Å². The standard InChI is InChI=1S/C13H14N4O4/c1-2-21-13(18)8-15-11-7-10(16-6-5-14-9-16)3-4-12(11)17(19)20/h3-7,9,15H,2,8H2,1H3. The Morgan fingerprint density at radius 3 is 2.95 bits per heavy atom. The van der Waals surface area contributed by atoms with Gasteiger partial charge in [0.2, 0.25) is 0 Å². The minimum Gasteiger partial charge on any atom is -0.465 e. The maximum Gasteiger partial charge on any atom is 0.325 e. The summed E-state index contributed by atoms with van der Waals surface area (Å²) in [6, 6.07) is 4.57. The fourth-order valence-electron chi connectivity index (χ4n) is 1.78.